The Hall–Kier alpha value is -2.18. The summed E-state index contributed by atoms with van der Waals surface area (Å²) in [5.74, 6) is -0.0548. The van der Waals surface area contributed by atoms with E-state index in [1.165, 1.54) is 308 Å². The Labute approximate surface area is 499 Å². The van der Waals surface area contributed by atoms with Crippen LogP contribution < -0.4 is 5.32 Å². The maximum Gasteiger partial charge on any atom is 0.305 e. The second-order valence-corrected chi connectivity index (χ2v) is 24.6. The van der Waals surface area contributed by atoms with Gasteiger partial charge < -0.3 is 20.3 Å². The van der Waals surface area contributed by atoms with Gasteiger partial charge in [-0.25, -0.2) is 0 Å². The van der Waals surface area contributed by atoms with Gasteiger partial charge in [0.1, 0.15) is 0 Å². The number of amides is 1. The van der Waals surface area contributed by atoms with Crippen LogP contribution in [-0.4, -0.2) is 47.4 Å². The molecule has 0 aromatic heterocycles. The molecule has 80 heavy (non-hydrogen) atoms. The van der Waals surface area contributed by atoms with Crippen molar-refractivity contribution in [1.29, 1.82) is 0 Å². The van der Waals surface area contributed by atoms with Crippen molar-refractivity contribution in [2.45, 2.75) is 398 Å². The number of aliphatic hydroxyl groups is 2. The molecule has 0 aliphatic carbocycles. The number of carbonyl (C=O) groups is 2. The predicted molar refractivity (Wildman–Crippen MR) is 352 cm³/mol. The fourth-order valence-corrected chi connectivity index (χ4v) is 11.1. The second-order valence-electron chi connectivity index (χ2n) is 24.6. The van der Waals surface area contributed by atoms with Crippen molar-refractivity contribution in [2.75, 3.05) is 13.2 Å². The van der Waals surface area contributed by atoms with Gasteiger partial charge in [0, 0.05) is 12.8 Å². The first-order chi connectivity index (χ1) is 39.5. The molecule has 0 aliphatic rings. The Morgan fingerprint density at radius 2 is 0.625 bits per heavy atom. The average Bonchev–Trinajstić information content (AvgIpc) is 3.46. The van der Waals surface area contributed by atoms with Gasteiger partial charge in [0.2, 0.25) is 5.91 Å². The number of unbranched alkanes of at least 4 members (excludes halogenated alkanes) is 50. The third-order valence-electron chi connectivity index (χ3n) is 16.6. The molecule has 470 valence electrons. The molecule has 3 N–H and O–H groups in total. The van der Waals surface area contributed by atoms with E-state index < -0.39 is 12.1 Å². The van der Waals surface area contributed by atoms with Crippen molar-refractivity contribution in [3.8, 4) is 0 Å². The molecule has 0 saturated carbocycles. The monoisotopic (exact) mass is 1120 g/mol. The molecule has 0 fully saturated rings. The van der Waals surface area contributed by atoms with Crippen LogP contribution in [0.3, 0.4) is 0 Å². The van der Waals surface area contributed by atoms with E-state index in [4.69, 9.17) is 4.74 Å². The molecule has 1 amide bonds. The first-order valence-corrected chi connectivity index (χ1v) is 35.9. The van der Waals surface area contributed by atoms with Crippen molar-refractivity contribution < 1.29 is 24.5 Å². The maximum atomic E-state index is 12.4. The fourth-order valence-electron chi connectivity index (χ4n) is 11.1. The maximum absolute atomic E-state index is 12.4. The molecule has 0 aromatic carbocycles. The van der Waals surface area contributed by atoms with E-state index in [9.17, 15) is 19.8 Å². The summed E-state index contributed by atoms with van der Waals surface area (Å²) in [5.41, 5.74) is 0. The third-order valence-corrected chi connectivity index (χ3v) is 16.6. The predicted octanol–water partition coefficient (Wildman–Crippen LogP) is 23.3. The largest absolute Gasteiger partial charge is 0.466 e. The lowest BCUT2D eigenvalue weighted by molar-refractivity contribution is -0.143. The molecule has 0 aromatic rings. The molecule has 6 heteroatoms. The van der Waals surface area contributed by atoms with Crippen LogP contribution >= 0.6 is 0 Å². The molecular weight excluding hydrogens is 983 g/mol. The van der Waals surface area contributed by atoms with Crippen LogP contribution in [0, 0.1) is 0 Å². The molecule has 0 saturated heterocycles. The lowest BCUT2D eigenvalue weighted by Crippen LogP contribution is -2.45. The van der Waals surface area contributed by atoms with Gasteiger partial charge in [-0.05, 0) is 89.9 Å². The average molecular weight is 1120 g/mol. The highest BCUT2D eigenvalue weighted by molar-refractivity contribution is 5.76. The summed E-state index contributed by atoms with van der Waals surface area (Å²) in [6.07, 6.45) is 90.7. The van der Waals surface area contributed by atoms with Crippen molar-refractivity contribution in [2.24, 2.45) is 0 Å². The van der Waals surface area contributed by atoms with Crippen LogP contribution in [-0.2, 0) is 14.3 Å². The molecule has 0 aliphatic heterocycles. The Bertz CT molecular complexity index is 1340. The number of ether oxygens (including phenoxy) is 1. The number of nitrogens with one attached hydrogen (secondary N) is 1. The van der Waals surface area contributed by atoms with Crippen molar-refractivity contribution in [3.63, 3.8) is 0 Å². The number of hydrogen-bond acceptors (Lipinski definition) is 5. The zero-order valence-corrected chi connectivity index (χ0v) is 53.8. The molecule has 0 spiro atoms. The first-order valence-electron chi connectivity index (χ1n) is 35.9. The van der Waals surface area contributed by atoms with E-state index in [2.05, 4.69) is 55.6 Å². The van der Waals surface area contributed by atoms with Gasteiger partial charge in [-0.15, -0.1) is 0 Å². The minimum absolute atomic E-state index is 0.0107. The first kappa shape index (κ1) is 77.8. The zero-order valence-electron chi connectivity index (χ0n) is 53.8. The van der Waals surface area contributed by atoms with Crippen LogP contribution in [0.15, 0.2) is 48.6 Å². The Balaban J connectivity index is 3.36. The fraction of sp³-hybridized carbons (Fsp3) is 0.865. The summed E-state index contributed by atoms with van der Waals surface area (Å²) >= 11 is 0. The summed E-state index contributed by atoms with van der Waals surface area (Å²) in [6.45, 7) is 4.90. The third kappa shape index (κ3) is 65.0. The SMILES string of the molecule is CCCCCCCC/C=C\CCCCCCCC(=O)OCCCCCCCCCCCCCCC/C=C\C/C=C\CCCCCCCCCCCCCCCCCCCC(=O)NC(CO)C(O)/C=C/CCCCCCCCCCC. The topological polar surface area (TPSA) is 95.9 Å². The molecule has 0 rings (SSSR count). The molecule has 2 unspecified atom stereocenters. The number of allylic oxidation sites excluding steroid dienone is 7. The Morgan fingerprint density at radius 3 is 0.963 bits per heavy atom. The summed E-state index contributed by atoms with van der Waals surface area (Å²) < 4.78 is 5.49. The van der Waals surface area contributed by atoms with Gasteiger partial charge in [0.25, 0.3) is 0 Å². The van der Waals surface area contributed by atoms with E-state index in [-0.39, 0.29) is 18.5 Å². The van der Waals surface area contributed by atoms with Gasteiger partial charge in [-0.1, -0.05) is 332 Å². The minimum atomic E-state index is -0.841. The normalized spacial score (nSPS) is 12.8. The minimum Gasteiger partial charge on any atom is -0.466 e. The van der Waals surface area contributed by atoms with E-state index >= 15 is 0 Å². The summed E-state index contributed by atoms with van der Waals surface area (Å²) in [5, 5.41) is 23.1. The van der Waals surface area contributed by atoms with Crippen molar-refractivity contribution >= 4 is 11.9 Å². The van der Waals surface area contributed by atoms with E-state index in [0.29, 0.717) is 19.4 Å². The number of rotatable bonds is 67. The standard InChI is InChI=1S/C74H139NO5/c1-3-5-7-9-11-13-15-16-40-44-48-52-56-60-64-68-74(79)80-69-65-61-57-53-49-45-42-39-37-35-33-31-29-27-25-23-21-19-17-18-20-22-24-26-28-30-32-34-36-38-41-43-47-51-55-59-63-67-73(78)75-71(70-76)72(77)66-62-58-54-50-46-14-12-10-8-6-4-2/h16-17,19,23,25,40,62,66,71-72,76-77H,3-15,18,20-22,24,26-39,41-61,63-65,67-70H2,1-2H3,(H,75,78)/b19-17-,25-23-,40-16-,66-62+. The highest BCUT2D eigenvalue weighted by Crippen LogP contribution is 2.18. The second kappa shape index (κ2) is 69.3. The van der Waals surface area contributed by atoms with Gasteiger partial charge in [0.05, 0.1) is 25.4 Å². The van der Waals surface area contributed by atoms with E-state index in [0.717, 1.165) is 51.4 Å². The molecular formula is C74H139NO5. The van der Waals surface area contributed by atoms with E-state index in [1.54, 1.807) is 6.08 Å². The smallest absolute Gasteiger partial charge is 0.305 e. The zero-order chi connectivity index (χ0) is 57.8. The Kier molecular flexibility index (Phi) is 67.4. The quantitative estimate of drug-likeness (QED) is 0.0320. The lowest BCUT2D eigenvalue weighted by atomic mass is 10.0. The van der Waals surface area contributed by atoms with Crippen molar-refractivity contribution in [3.05, 3.63) is 48.6 Å². The summed E-state index contributed by atoms with van der Waals surface area (Å²) in [4.78, 5) is 24.5. The van der Waals surface area contributed by atoms with Crippen LogP contribution in [0.4, 0.5) is 0 Å². The van der Waals surface area contributed by atoms with Crippen LogP contribution in [0.2, 0.25) is 0 Å². The highest BCUT2D eigenvalue weighted by atomic mass is 16.5. The number of esters is 1. The van der Waals surface area contributed by atoms with Crippen LogP contribution in [0.25, 0.3) is 0 Å². The van der Waals surface area contributed by atoms with Gasteiger partial charge in [0.15, 0.2) is 0 Å². The lowest BCUT2D eigenvalue weighted by Gasteiger charge is -2.20. The van der Waals surface area contributed by atoms with Gasteiger partial charge in [-0.3, -0.25) is 9.59 Å². The highest BCUT2D eigenvalue weighted by Gasteiger charge is 2.18. The molecule has 0 radical (unpaired) electrons. The molecule has 6 nitrogen and oxygen atoms in total. The molecule has 0 heterocycles. The van der Waals surface area contributed by atoms with Crippen LogP contribution in [0.1, 0.15) is 386 Å². The number of hydrogen-bond donors (Lipinski definition) is 3. The molecule has 0 bridgehead atoms. The number of aliphatic hydroxyl groups excluding tert-OH is 2. The van der Waals surface area contributed by atoms with Gasteiger partial charge in [-0.2, -0.15) is 0 Å². The summed E-state index contributed by atoms with van der Waals surface area (Å²) in [7, 11) is 0. The summed E-state index contributed by atoms with van der Waals surface area (Å²) in [6, 6.07) is -0.625. The number of carbonyl (C=O) groups excluding carboxylic acids is 2. The van der Waals surface area contributed by atoms with Crippen LogP contribution in [0.5, 0.6) is 0 Å². The Morgan fingerprint density at radius 1 is 0.350 bits per heavy atom. The van der Waals surface area contributed by atoms with Gasteiger partial charge >= 0.3 is 5.97 Å². The van der Waals surface area contributed by atoms with E-state index in [1.807, 2.05) is 6.08 Å². The van der Waals surface area contributed by atoms with Crippen molar-refractivity contribution in [1.82, 2.24) is 5.32 Å². The molecule has 2 atom stereocenters.